The highest BCUT2D eigenvalue weighted by atomic mass is 32.2. The van der Waals surface area contributed by atoms with Crippen molar-refractivity contribution < 1.29 is 23.1 Å². The van der Waals surface area contributed by atoms with Gasteiger partial charge in [-0.25, -0.2) is 8.78 Å². The smallest absolute Gasteiger partial charge is 0.258 e. The Labute approximate surface area is 160 Å². The molecule has 2 rings (SSSR count). The zero-order valence-corrected chi connectivity index (χ0v) is 15.5. The van der Waals surface area contributed by atoms with Gasteiger partial charge in [-0.3, -0.25) is 9.59 Å². The number of hydrogen-bond donors (Lipinski definition) is 2. The van der Waals surface area contributed by atoms with Crippen LogP contribution in [0.25, 0.3) is 0 Å². The maximum absolute atomic E-state index is 13.3. The SMILES string of the molecule is CSCCC(NC(=O)COc1ccccc1)C(=O)Nc1ccc(F)c(F)c1. The van der Waals surface area contributed by atoms with E-state index in [9.17, 15) is 18.4 Å². The fourth-order valence-corrected chi connectivity index (χ4v) is 2.68. The molecule has 0 spiro atoms. The predicted molar refractivity (Wildman–Crippen MR) is 102 cm³/mol. The van der Waals surface area contributed by atoms with E-state index >= 15 is 0 Å². The molecule has 8 heteroatoms. The molecule has 2 amide bonds. The van der Waals surface area contributed by atoms with Crippen LogP contribution in [0.1, 0.15) is 6.42 Å². The van der Waals surface area contributed by atoms with Crippen LogP contribution in [0.4, 0.5) is 14.5 Å². The molecule has 1 unspecified atom stereocenters. The molecule has 0 radical (unpaired) electrons. The number of anilines is 1. The number of hydrogen-bond acceptors (Lipinski definition) is 4. The molecule has 0 saturated carbocycles. The lowest BCUT2D eigenvalue weighted by atomic mass is 10.2. The Balaban J connectivity index is 1.94. The second kappa shape index (κ2) is 10.5. The van der Waals surface area contributed by atoms with Crippen molar-refractivity contribution in [3.8, 4) is 5.75 Å². The van der Waals surface area contributed by atoms with E-state index in [-0.39, 0.29) is 12.3 Å². The molecule has 0 aliphatic heterocycles. The first-order valence-corrected chi connectivity index (χ1v) is 9.61. The van der Waals surface area contributed by atoms with Crippen molar-refractivity contribution in [1.82, 2.24) is 5.32 Å². The fourth-order valence-electron chi connectivity index (χ4n) is 2.21. The summed E-state index contributed by atoms with van der Waals surface area (Å²) in [5, 5.41) is 5.10. The highest BCUT2D eigenvalue weighted by Crippen LogP contribution is 2.14. The van der Waals surface area contributed by atoms with Gasteiger partial charge >= 0.3 is 0 Å². The maximum Gasteiger partial charge on any atom is 0.258 e. The van der Waals surface area contributed by atoms with Gasteiger partial charge in [0.15, 0.2) is 18.2 Å². The lowest BCUT2D eigenvalue weighted by Gasteiger charge is -2.18. The van der Waals surface area contributed by atoms with Gasteiger partial charge < -0.3 is 15.4 Å². The Morgan fingerprint density at radius 1 is 1.11 bits per heavy atom. The second-order valence-electron chi connectivity index (χ2n) is 5.62. The van der Waals surface area contributed by atoms with Crippen molar-refractivity contribution in [3.05, 3.63) is 60.2 Å². The van der Waals surface area contributed by atoms with Crippen molar-refractivity contribution in [2.75, 3.05) is 23.9 Å². The summed E-state index contributed by atoms with van der Waals surface area (Å²) in [7, 11) is 0. The molecule has 0 aliphatic rings. The summed E-state index contributed by atoms with van der Waals surface area (Å²) in [4.78, 5) is 24.5. The van der Waals surface area contributed by atoms with Crippen LogP contribution < -0.4 is 15.4 Å². The Morgan fingerprint density at radius 3 is 2.52 bits per heavy atom. The number of benzene rings is 2. The summed E-state index contributed by atoms with van der Waals surface area (Å²) in [5.74, 6) is -1.85. The van der Waals surface area contributed by atoms with Gasteiger partial charge in [-0.1, -0.05) is 18.2 Å². The topological polar surface area (TPSA) is 67.4 Å². The third kappa shape index (κ3) is 6.90. The van der Waals surface area contributed by atoms with Crippen LogP contribution in [-0.4, -0.2) is 36.5 Å². The quantitative estimate of drug-likeness (QED) is 0.685. The van der Waals surface area contributed by atoms with Gasteiger partial charge in [-0.05, 0) is 42.7 Å². The zero-order valence-electron chi connectivity index (χ0n) is 14.7. The van der Waals surface area contributed by atoms with Gasteiger partial charge in [0.05, 0.1) is 0 Å². The summed E-state index contributed by atoms with van der Waals surface area (Å²) in [6.07, 6.45) is 2.26. The molecule has 2 aromatic rings. The molecule has 0 heterocycles. The Hall–Kier alpha value is -2.61. The van der Waals surface area contributed by atoms with Gasteiger partial charge in [0.2, 0.25) is 5.91 Å². The summed E-state index contributed by atoms with van der Waals surface area (Å²) in [5.41, 5.74) is 0.114. The minimum absolute atomic E-state index is 0.114. The summed E-state index contributed by atoms with van der Waals surface area (Å²) < 4.78 is 31.6. The fraction of sp³-hybridized carbons (Fsp3) is 0.263. The predicted octanol–water partition coefficient (Wildman–Crippen LogP) is 3.22. The molecule has 0 bridgehead atoms. The maximum atomic E-state index is 13.3. The molecule has 2 N–H and O–H groups in total. The van der Waals surface area contributed by atoms with Crippen molar-refractivity contribution in [1.29, 1.82) is 0 Å². The summed E-state index contributed by atoms with van der Waals surface area (Å²) >= 11 is 1.52. The second-order valence-corrected chi connectivity index (χ2v) is 6.61. The molecular weight excluding hydrogens is 374 g/mol. The summed E-state index contributed by atoms with van der Waals surface area (Å²) in [6, 6.07) is 11.1. The van der Waals surface area contributed by atoms with Gasteiger partial charge in [0, 0.05) is 11.8 Å². The van der Waals surface area contributed by atoms with Crippen molar-refractivity contribution >= 4 is 29.3 Å². The number of ether oxygens (including phenoxy) is 1. The first-order chi connectivity index (χ1) is 13.0. The van der Waals surface area contributed by atoms with E-state index < -0.39 is 29.5 Å². The average molecular weight is 394 g/mol. The Kier molecular flexibility index (Phi) is 8.06. The van der Waals surface area contributed by atoms with Crippen LogP contribution in [0.5, 0.6) is 5.75 Å². The highest BCUT2D eigenvalue weighted by Gasteiger charge is 2.21. The van der Waals surface area contributed by atoms with E-state index in [4.69, 9.17) is 4.74 Å². The van der Waals surface area contributed by atoms with E-state index in [2.05, 4.69) is 10.6 Å². The molecule has 0 saturated heterocycles. The average Bonchev–Trinajstić information content (AvgIpc) is 2.67. The van der Waals surface area contributed by atoms with Crippen LogP contribution >= 0.6 is 11.8 Å². The number of amides is 2. The highest BCUT2D eigenvalue weighted by molar-refractivity contribution is 7.98. The molecule has 2 aromatic carbocycles. The molecule has 0 fully saturated rings. The van der Waals surface area contributed by atoms with E-state index in [1.165, 1.54) is 17.8 Å². The van der Waals surface area contributed by atoms with E-state index in [1.807, 2.05) is 12.3 Å². The normalized spacial score (nSPS) is 11.5. The van der Waals surface area contributed by atoms with E-state index in [0.717, 1.165) is 12.1 Å². The van der Waals surface area contributed by atoms with Crippen LogP contribution in [0, 0.1) is 11.6 Å². The van der Waals surface area contributed by atoms with Gasteiger partial charge in [-0.15, -0.1) is 0 Å². The minimum atomic E-state index is -1.06. The van der Waals surface area contributed by atoms with Crippen molar-refractivity contribution in [3.63, 3.8) is 0 Å². The zero-order chi connectivity index (χ0) is 19.6. The van der Waals surface area contributed by atoms with Gasteiger partial charge in [-0.2, -0.15) is 11.8 Å². The number of nitrogens with one attached hydrogen (secondary N) is 2. The van der Waals surface area contributed by atoms with Crippen LogP contribution in [0.15, 0.2) is 48.5 Å². The Morgan fingerprint density at radius 2 is 1.85 bits per heavy atom. The number of halogens is 2. The number of thioether (sulfide) groups is 1. The standard InChI is InChI=1S/C19H20F2N2O3S/c1-27-10-9-17(19(25)22-13-7-8-15(20)16(21)11-13)23-18(24)12-26-14-5-3-2-4-6-14/h2-8,11,17H,9-10,12H2,1H3,(H,22,25)(H,23,24). The van der Waals surface area contributed by atoms with E-state index in [0.29, 0.717) is 17.9 Å². The lowest BCUT2D eigenvalue weighted by Crippen LogP contribution is -2.45. The van der Waals surface area contributed by atoms with Crippen molar-refractivity contribution in [2.24, 2.45) is 0 Å². The third-order valence-electron chi connectivity index (χ3n) is 3.56. The molecule has 1 atom stereocenters. The first kappa shape index (κ1) is 20.7. The van der Waals surface area contributed by atoms with Crippen LogP contribution in [0.3, 0.4) is 0 Å². The number of carbonyl (C=O) groups is 2. The molecule has 5 nitrogen and oxygen atoms in total. The minimum Gasteiger partial charge on any atom is -0.484 e. The largest absolute Gasteiger partial charge is 0.484 e. The van der Waals surface area contributed by atoms with Gasteiger partial charge in [0.25, 0.3) is 5.91 Å². The number of para-hydroxylation sites is 1. The molecular formula is C19H20F2N2O3S. The van der Waals surface area contributed by atoms with E-state index in [1.54, 1.807) is 24.3 Å². The number of rotatable bonds is 9. The monoisotopic (exact) mass is 394 g/mol. The molecule has 27 heavy (non-hydrogen) atoms. The Bertz CT molecular complexity index is 775. The van der Waals surface area contributed by atoms with Gasteiger partial charge in [0.1, 0.15) is 11.8 Å². The molecule has 144 valence electrons. The molecule has 0 aromatic heterocycles. The third-order valence-corrected chi connectivity index (χ3v) is 4.21. The van der Waals surface area contributed by atoms with Crippen LogP contribution in [-0.2, 0) is 9.59 Å². The first-order valence-electron chi connectivity index (χ1n) is 8.21. The summed E-state index contributed by atoms with van der Waals surface area (Å²) in [6.45, 7) is -0.238. The lowest BCUT2D eigenvalue weighted by molar-refractivity contribution is -0.127. The van der Waals surface area contributed by atoms with Crippen LogP contribution in [0.2, 0.25) is 0 Å². The number of carbonyl (C=O) groups excluding carboxylic acids is 2. The van der Waals surface area contributed by atoms with Crippen molar-refractivity contribution in [2.45, 2.75) is 12.5 Å². The molecule has 0 aliphatic carbocycles.